The van der Waals surface area contributed by atoms with Crippen LogP contribution in [-0.2, 0) is 16.4 Å². The number of nitrogens with one attached hydrogen (secondary N) is 1. The lowest BCUT2D eigenvalue weighted by atomic mass is 10.2. The Bertz CT molecular complexity index is 456. The summed E-state index contributed by atoms with van der Waals surface area (Å²) >= 11 is 0. The van der Waals surface area contributed by atoms with Crippen molar-refractivity contribution in [1.82, 2.24) is 9.88 Å². The van der Waals surface area contributed by atoms with E-state index in [1.165, 1.54) is 0 Å². The normalized spacial score (nSPS) is 20.1. The molecule has 0 bridgehead atoms. The molecule has 0 aliphatic carbocycles. The Morgan fingerprint density at radius 3 is 2.59 bits per heavy atom. The molecule has 1 N–H and O–H groups in total. The van der Waals surface area contributed by atoms with E-state index in [1.54, 1.807) is 0 Å². The van der Waals surface area contributed by atoms with Crippen LogP contribution in [0.25, 0.3) is 0 Å². The molecule has 94 valence electrons. The van der Waals surface area contributed by atoms with Crippen molar-refractivity contribution in [3.05, 3.63) is 23.9 Å². The molecular formula is C11H17N3O2S. The third kappa shape index (κ3) is 3.41. The van der Waals surface area contributed by atoms with Gasteiger partial charge in [-0.05, 0) is 11.6 Å². The van der Waals surface area contributed by atoms with Crippen molar-refractivity contribution >= 4 is 15.7 Å². The van der Waals surface area contributed by atoms with Crippen LogP contribution in [0.2, 0.25) is 0 Å². The summed E-state index contributed by atoms with van der Waals surface area (Å²) in [5, 5.41) is 2.96. The molecular weight excluding hydrogens is 238 g/mol. The highest BCUT2D eigenvalue weighted by Gasteiger charge is 2.21. The average molecular weight is 255 g/mol. The lowest BCUT2D eigenvalue weighted by Gasteiger charge is -2.26. The van der Waals surface area contributed by atoms with Crippen molar-refractivity contribution in [3.63, 3.8) is 0 Å². The fourth-order valence-electron chi connectivity index (χ4n) is 1.83. The Hall–Kier alpha value is -1.14. The fourth-order valence-corrected chi connectivity index (χ4v) is 3.11. The molecule has 1 fully saturated rings. The molecule has 2 heterocycles. The molecule has 5 nitrogen and oxygen atoms in total. The Morgan fingerprint density at radius 1 is 1.35 bits per heavy atom. The summed E-state index contributed by atoms with van der Waals surface area (Å²) in [6.07, 6.45) is 1.83. The summed E-state index contributed by atoms with van der Waals surface area (Å²) in [6.45, 7) is 2.01. The first-order valence-corrected chi connectivity index (χ1v) is 7.47. The van der Waals surface area contributed by atoms with Gasteiger partial charge in [-0.25, -0.2) is 13.4 Å². The van der Waals surface area contributed by atoms with Crippen molar-refractivity contribution in [2.45, 2.75) is 6.54 Å². The van der Waals surface area contributed by atoms with Crippen LogP contribution in [-0.4, -0.2) is 49.9 Å². The van der Waals surface area contributed by atoms with Gasteiger partial charge in [-0.3, -0.25) is 4.90 Å². The number of aromatic nitrogens is 1. The highest BCUT2D eigenvalue weighted by molar-refractivity contribution is 7.91. The van der Waals surface area contributed by atoms with Crippen LogP contribution in [0, 0.1) is 0 Å². The van der Waals surface area contributed by atoms with E-state index in [4.69, 9.17) is 0 Å². The number of hydrogen-bond acceptors (Lipinski definition) is 5. The Labute approximate surface area is 102 Å². The zero-order valence-corrected chi connectivity index (χ0v) is 10.7. The third-order valence-electron chi connectivity index (χ3n) is 2.92. The van der Waals surface area contributed by atoms with E-state index in [1.807, 2.05) is 25.4 Å². The van der Waals surface area contributed by atoms with Crippen molar-refractivity contribution in [1.29, 1.82) is 0 Å². The van der Waals surface area contributed by atoms with Gasteiger partial charge >= 0.3 is 0 Å². The SMILES string of the molecule is CNc1ccc(CN2CCS(=O)(=O)CC2)cn1. The first-order valence-electron chi connectivity index (χ1n) is 5.64. The van der Waals surface area contributed by atoms with Crippen molar-refractivity contribution in [3.8, 4) is 0 Å². The zero-order chi connectivity index (χ0) is 12.3. The Morgan fingerprint density at radius 2 is 2.06 bits per heavy atom. The first kappa shape index (κ1) is 12.3. The van der Waals surface area contributed by atoms with Crippen LogP contribution >= 0.6 is 0 Å². The van der Waals surface area contributed by atoms with Crippen molar-refractivity contribution in [2.24, 2.45) is 0 Å². The van der Waals surface area contributed by atoms with Gasteiger partial charge in [0.15, 0.2) is 9.84 Å². The van der Waals surface area contributed by atoms with E-state index in [0.29, 0.717) is 13.1 Å². The van der Waals surface area contributed by atoms with Gasteiger partial charge in [0, 0.05) is 32.9 Å². The molecule has 17 heavy (non-hydrogen) atoms. The van der Waals surface area contributed by atoms with Crippen LogP contribution in [0.15, 0.2) is 18.3 Å². The molecule has 1 saturated heterocycles. The van der Waals surface area contributed by atoms with Crippen LogP contribution in [0.5, 0.6) is 0 Å². The van der Waals surface area contributed by atoms with E-state index in [-0.39, 0.29) is 11.5 Å². The number of pyridine rings is 1. The molecule has 2 rings (SSSR count). The summed E-state index contributed by atoms with van der Waals surface area (Å²) in [5.74, 6) is 1.39. The number of nitrogens with zero attached hydrogens (tertiary/aromatic N) is 2. The smallest absolute Gasteiger partial charge is 0.152 e. The van der Waals surface area contributed by atoms with Crippen LogP contribution in [0.1, 0.15) is 5.56 Å². The highest BCUT2D eigenvalue weighted by Crippen LogP contribution is 2.10. The van der Waals surface area contributed by atoms with Gasteiger partial charge < -0.3 is 5.32 Å². The van der Waals surface area contributed by atoms with E-state index < -0.39 is 9.84 Å². The summed E-state index contributed by atoms with van der Waals surface area (Å²) in [5.41, 5.74) is 1.11. The standard InChI is InChI=1S/C11H17N3O2S/c1-12-11-3-2-10(8-13-11)9-14-4-6-17(15,16)7-5-14/h2-3,8H,4-7,9H2,1H3,(H,12,13). The third-order valence-corrected chi connectivity index (χ3v) is 4.53. The predicted octanol–water partition coefficient (Wildman–Crippen LogP) is 0.354. The lowest BCUT2D eigenvalue weighted by molar-refractivity contribution is 0.287. The second-order valence-corrected chi connectivity index (χ2v) is 6.53. The van der Waals surface area contributed by atoms with Crippen molar-refractivity contribution < 1.29 is 8.42 Å². The van der Waals surface area contributed by atoms with E-state index in [9.17, 15) is 8.42 Å². The number of sulfone groups is 1. The maximum absolute atomic E-state index is 11.3. The summed E-state index contributed by atoms with van der Waals surface area (Å²) in [6, 6.07) is 3.94. The maximum Gasteiger partial charge on any atom is 0.152 e. The molecule has 0 unspecified atom stereocenters. The largest absolute Gasteiger partial charge is 0.373 e. The zero-order valence-electron chi connectivity index (χ0n) is 9.89. The van der Waals surface area contributed by atoms with Gasteiger partial charge in [-0.2, -0.15) is 0 Å². The Balaban J connectivity index is 1.93. The monoisotopic (exact) mass is 255 g/mol. The van der Waals surface area contributed by atoms with Crippen LogP contribution < -0.4 is 5.32 Å². The second kappa shape index (κ2) is 5.01. The summed E-state index contributed by atoms with van der Waals surface area (Å²) in [4.78, 5) is 6.39. The molecule has 0 saturated carbocycles. The van der Waals surface area contributed by atoms with Crippen molar-refractivity contribution in [2.75, 3.05) is 37.0 Å². The number of rotatable bonds is 3. The van der Waals surface area contributed by atoms with E-state index in [0.717, 1.165) is 17.9 Å². The predicted molar refractivity (Wildman–Crippen MR) is 67.7 cm³/mol. The molecule has 0 spiro atoms. The molecule has 0 amide bonds. The van der Waals surface area contributed by atoms with E-state index in [2.05, 4.69) is 15.2 Å². The second-order valence-electron chi connectivity index (χ2n) is 4.23. The maximum atomic E-state index is 11.3. The van der Waals surface area contributed by atoms with Crippen LogP contribution in [0.3, 0.4) is 0 Å². The summed E-state index contributed by atoms with van der Waals surface area (Å²) in [7, 11) is -0.955. The van der Waals surface area contributed by atoms with Gasteiger partial charge in [0.1, 0.15) is 5.82 Å². The molecule has 1 aromatic heterocycles. The highest BCUT2D eigenvalue weighted by atomic mass is 32.2. The first-order chi connectivity index (χ1) is 8.09. The molecule has 0 radical (unpaired) electrons. The Kier molecular flexibility index (Phi) is 3.63. The molecule has 1 aliphatic rings. The van der Waals surface area contributed by atoms with E-state index >= 15 is 0 Å². The molecule has 1 aliphatic heterocycles. The quantitative estimate of drug-likeness (QED) is 0.844. The van der Waals surface area contributed by atoms with Gasteiger partial charge in [0.25, 0.3) is 0 Å². The average Bonchev–Trinajstić information content (AvgIpc) is 2.33. The number of hydrogen-bond donors (Lipinski definition) is 1. The molecule has 0 aromatic carbocycles. The van der Waals surface area contributed by atoms with Gasteiger partial charge in [0.05, 0.1) is 11.5 Å². The molecule has 6 heteroatoms. The fraction of sp³-hybridized carbons (Fsp3) is 0.545. The minimum Gasteiger partial charge on any atom is -0.373 e. The van der Waals surface area contributed by atoms with Crippen LogP contribution in [0.4, 0.5) is 5.82 Å². The van der Waals surface area contributed by atoms with Gasteiger partial charge in [-0.1, -0.05) is 6.07 Å². The molecule has 0 atom stereocenters. The lowest BCUT2D eigenvalue weighted by Crippen LogP contribution is -2.39. The minimum atomic E-state index is -2.79. The van der Waals surface area contributed by atoms with Gasteiger partial charge in [-0.15, -0.1) is 0 Å². The summed E-state index contributed by atoms with van der Waals surface area (Å²) < 4.78 is 22.6. The topological polar surface area (TPSA) is 62.3 Å². The minimum absolute atomic E-state index is 0.273. The molecule has 1 aromatic rings. The number of anilines is 1. The van der Waals surface area contributed by atoms with Gasteiger partial charge in [0.2, 0.25) is 0 Å².